The van der Waals surface area contributed by atoms with Crippen molar-refractivity contribution in [1.82, 2.24) is 15.5 Å². The van der Waals surface area contributed by atoms with Crippen LogP contribution >= 0.6 is 24.0 Å². The van der Waals surface area contributed by atoms with Gasteiger partial charge < -0.3 is 20.3 Å². The minimum Gasteiger partial charge on any atom is -0.497 e. The normalized spacial score (nSPS) is 18.5. The van der Waals surface area contributed by atoms with Crippen LogP contribution in [0, 0.1) is 5.41 Å². The van der Waals surface area contributed by atoms with Gasteiger partial charge in [-0.3, -0.25) is 9.79 Å². The summed E-state index contributed by atoms with van der Waals surface area (Å²) >= 11 is 0. The van der Waals surface area contributed by atoms with Crippen molar-refractivity contribution in [3.05, 3.63) is 29.8 Å². The van der Waals surface area contributed by atoms with Gasteiger partial charge >= 0.3 is 0 Å². The molecule has 0 radical (unpaired) electrons. The summed E-state index contributed by atoms with van der Waals surface area (Å²) < 4.78 is 5.12. The second kappa shape index (κ2) is 10.9. The van der Waals surface area contributed by atoms with Crippen molar-refractivity contribution in [1.29, 1.82) is 0 Å². The van der Waals surface area contributed by atoms with Crippen LogP contribution in [0.2, 0.25) is 0 Å². The number of ether oxygens (including phenoxy) is 1. The number of hydrogen-bond donors (Lipinski definition) is 2. The van der Waals surface area contributed by atoms with Crippen LogP contribution in [-0.2, 0) is 0 Å². The largest absolute Gasteiger partial charge is 0.497 e. The topological polar surface area (TPSA) is 66.0 Å². The number of guanidine groups is 1. The number of hydrogen-bond acceptors (Lipinski definition) is 3. The second-order valence-electron chi connectivity index (χ2n) is 7.69. The molecule has 1 aromatic rings. The SMILES string of the molecule is CN=C(NCCNC(=O)c1ccc(OC)cc1)N1CCC2(CCCCC2)C1.I. The van der Waals surface area contributed by atoms with Crippen molar-refractivity contribution in [3.63, 3.8) is 0 Å². The maximum Gasteiger partial charge on any atom is 0.251 e. The van der Waals surface area contributed by atoms with E-state index >= 15 is 0 Å². The van der Waals surface area contributed by atoms with Crippen LogP contribution in [0.4, 0.5) is 0 Å². The molecule has 0 aromatic heterocycles. The average Bonchev–Trinajstić information content (AvgIpc) is 3.11. The Kier molecular flexibility index (Phi) is 8.85. The van der Waals surface area contributed by atoms with Crippen molar-refractivity contribution < 1.29 is 9.53 Å². The van der Waals surface area contributed by atoms with Crippen molar-refractivity contribution in [2.45, 2.75) is 38.5 Å². The smallest absolute Gasteiger partial charge is 0.251 e. The highest BCUT2D eigenvalue weighted by Gasteiger charge is 2.39. The molecule has 3 rings (SSSR count). The number of methoxy groups -OCH3 is 1. The zero-order valence-corrected chi connectivity index (χ0v) is 19.3. The van der Waals surface area contributed by atoms with E-state index in [-0.39, 0.29) is 29.9 Å². The van der Waals surface area contributed by atoms with Crippen LogP contribution in [0.1, 0.15) is 48.9 Å². The summed E-state index contributed by atoms with van der Waals surface area (Å²) in [6.45, 7) is 3.42. The maximum absolute atomic E-state index is 12.2. The Morgan fingerprint density at radius 1 is 1.11 bits per heavy atom. The first-order chi connectivity index (χ1) is 13.2. The predicted octanol–water partition coefficient (Wildman–Crippen LogP) is 3.27. The number of carbonyl (C=O) groups excluding carboxylic acids is 1. The van der Waals surface area contributed by atoms with Crippen molar-refractivity contribution in [2.24, 2.45) is 10.4 Å². The lowest BCUT2D eigenvalue weighted by Gasteiger charge is -2.33. The molecule has 1 heterocycles. The lowest BCUT2D eigenvalue weighted by Crippen LogP contribution is -2.44. The van der Waals surface area contributed by atoms with Gasteiger partial charge in [-0.25, -0.2) is 0 Å². The Morgan fingerprint density at radius 2 is 1.79 bits per heavy atom. The summed E-state index contributed by atoms with van der Waals surface area (Å²) in [6, 6.07) is 7.13. The van der Waals surface area contributed by atoms with Gasteiger partial charge in [-0.1, -0.05) is 19.3 Å². The molecular formula is C21H33IN4O2. The van der Waals surface area contributed by atoms with E-state index in [1.54, 1.807) is 31.4 Å². The number of amides is 1. The maximum atomic E-state index is 12.2. The molecule has 2 N–H and O–H groups in total. The first-order valence-corrected chi connectivity index (χ1v) is 10.0. The minimum atomic E-state index is -0.0724. The molecule has 1 aliphatic heterocycles. The van der Waals surface area contributed by atoms with Gasteiger partial charge in [0.15, 0.2) is 5.96 Å². The Bertz CT molecular complexity index is 657. The molecule has 156 valence electrons. The molecule has 6 nitrogen and oxygen atoms in total. The molecule has 0 atom stereocenters. The predicted molar refractivity (Wildman–Crippen MR) is 124 cm³/mol. The van der Waals surface area contributed by atoms with E-state index in [2.05, 4.69) is 20.5 Å². The van der Waals surface area contributed by atoms with Crippen molar-refractivity contribution >= 4 is 35.8 Å². The van der Waals surface area contributed by atoms with Gasteiger partial charge in [-0.05, 0) is 48.9 Å². The summed E-state index contributed by atoms with van der Waals surface area (Å²) in [4.78, 5) is 19.0. The van der Waals surface area contributed by atoms with E-state index in [0.29, 0.717) is 24.1 Å². The zero-order chi connectivity index (χ0) is 19.1. The second-order valence-corrected chi connectivity index (χ2v) is 7.69. The molecule has 0 unspecified atom stereocenters. The summed E-state index contributed by atoms with van der Waals surface area (Å²) in [5.74, 6) is 1.63. The van der Waals surface area contributed by atoms with Crippen molar-refractivity contribution in [3.8, 4) is 5.75 Å². The fourth-order valence-electron chi connectivity index (χ4n) is 4.35. The molecule has 2 aliphatic rings. The van der Waals surface area contributed by atoms with Gasteiger partial charge in [-0.15, -0.1) is 24.0 Å². The van der Waals surface area contributed by atoms with E-state index in [1.165, 1.54) is 38.5 Å². The zero-order valence-electron chi connectivity index (χ0n) is 17.0. The molecule has 1 saturated carbocycles. The Morgan fingerprint density at radius 3 is 2.43 bits per heavy atom. The molecule has 28 heavy (non-hydrogen) atoms. The standard InChI is InChI=1S/C21H32N4O2.HI/c1-22-20(25-15-12-21(16-25)10-4-3-5-11-21)24-14-13-23-19(26)17-6-8-18(27-2)9-7-17;/h6-9H,3-5,10-16H2,1-2H3,(H,22,24)(H,23,26);1H. The molecule has 1 amide bonds. The molecule has 1 aliphatic carbocycles. The van der Waals surface area contributed by atoms with Gasteiger partial charge in [0.25, 0.3) is 5.91 Å². The molecule has 7 heteroatoms. The lowest BCUT2D eigenvalue weighted by atomic mass is 9.73. The van der Waals surface area contributed by atoms with E-state index in [4.69, 9.17) is 4.74 Å². The third-order valence-corrected chi connectivity index (χ3v) is 5.91. The van der Waals surface area contributed by atoms with E-state index in [9.17, 15) is 4.79 Å². The fourth-order valence-corrected chi connectivity index (χ4v) is 4.35. The van der Waals surface area contributed by atoms with Crippen LogP contribution in [-0.4, -0.2) is 57.1 Å². The Hall–Kier alpha value is -1.51. The van der Waals surface area contributed by atoms with Crippen LogP contribution in [0.3, 0.4) is 0 Å². The molecule has 0 bridgehead atoms. The summed E-state index contributed by atoms with van der Waals surface area (Å²) in [7, 11) is 3.45. The third-order valence-electron chi connectivity index (χ3n) is 5.91. The molecule has 1 spiro atoms. The van der Waals surface area contributed by atoms with E-state index in [0.717, 1.165) is 24.8 Å². The quantitative estimate of drug-likeness (QED) is 0.282. The summed E-state index contributed by atoms with van der Waals surface area (Å²) in [6.07, 6.45) is 8.13. The van der Waals surface area contributed by atoms with Gasteiger partial charge in [0.05, 0.1) is 7.11 Å². The summed E-state index contributed by atoms with van der Waals surface area (Å²) in [5.41, 5.74) is 1.15. The van der Waals surface area contributed by atoms with E-state index < -0.39 is 0 Å². The van der Waals surface area contributed by atoms with Crippen LogP contribution in [0.15, 0.2) is 29.3 Å². The van der Waals surface area contributed by atoms with Gasteiger partial charge in [0.1, 0.15) is 5.75 Å². The van der Waals surface area contributed by atoms with Gasteiger partial charge in [0, 0.05) is 38.8 Å². The van der Waals surface area contributed by atoms with Crippen LogP contribution < -0.4 is 15.4 Å². The first kappa shape index (κ1) is 22.8. The fraction of sp³-hybridized carbons (Fsp3) is 0.619. The molecule has 1 saturated heterocycles. The number of rotatable bonds is 5. The number of nitrogens with zero attached hydrogens (tertiary/aromatic N) is 2. The highest BCUT2D eigenvalue weighted by atomic mass is 127. The third kappa shape index (κ3) is 5.75. The Labute approximate surface area is 185 Å². The number of aliphatic imine (C=N–C) groups is 1. The molecule has 1 aromatic carbocycles. The van der Waals surface area contributed by atoms with Crippen LogP contribution in [0.5, 0.6) is 5.75 Å². The van der Waals surface area contributed by atoms with Crippen molar-refractivity contribution in [2.75, 3.05) is 40.3 Å². The molecular weight excluding hydrogens is 467 g/mol. The number of halogens is 1. The number of likely N-dealkylation sites (tertiary alicyclic amines) is 1. The highest BCUT2D eigenvalue weighted by molar-refractivity contribution is 14.0. The monoisotopic (exact) mass is 500 g/mol. The molecule has 2 fully saturated rings. The summed E-state index contributed by atoms with van der Waals surface area (Å²) in [5, 5.41) is 6.35. The van der Waals surface area contributed by atoms with Crippen LogP contribution in [0.25, 0.3) is 0 Å². The van der Waals surface area contributed by atoms with Gasteiger partial charge in [0.2, 0.25) is 0 Å². The Balaban J connectivity index is 0.00000280. The first-order valence-electron chi connectivity index (χ1n) is 10.0. The number of carbonyl (C=O) groups is 1. The van der Waals surface area contributed by atoms with Gasteiger partial charge in [-0.2, -0.15) is 0 Å². The number of benzene rings is 1. The highest BCUT2D eigenvalue weighted by Crippen LogP contribution is 2.43. The average molecular weight is 500 g/mol. The van der Waals surface area contributed by atoms with E-state index in [1.807, 2.05) is 7.05 Å². The number of nitrogens with one attached hydrogen (secondary N) is 2. The lowest BCUT2D eigenvalue weighted by molar-refractivity contribution is 0.0954. The minimum absolute atomic E-state index is 0.